The van der Waals surface area contributed by atoms with Gasteiger partial charge in [-0.25, -0.2) is 13.4 Å². The van der Waals surface area contributed by atoms with E-state index in [-0.39, 0.29) is 23.1 Å². The van der Waals surface area contributed by atoms with Gasteiger partial charge in [-0.3, -0.25) is 0 Å². The van der Waals surface area contributed by atoms with Crippen LogP contribution in [0.25, 0.3) is 0 Å². The summed E-state index contributed by atoms with van der Waals surface area (Å²) in [4.78, 5) is 4.07. The largest absolute Gasteiger partial charge is 0.381 e. The molecule has 1 aliphatic heterocycles. The molecule has 0 spiro atoms. The Morgan fingerprint density at radius 2 is 2.03 bits per heavy atom. The maximum absolute atomic E-state index is 13.1. The molecule has 2 heterocycles. The molecule has 1 aromatic carbocycles. The van der Waals surface area contributed by atoms with Crippen molar-refractivity contribution in [2.75, 3.05) is 26.7 Å². The molecule has 1 aromatic heterocycles. The highest BCUT2D eigenvalue weighted by molar-refractivity contribution is 7.89. The molecule has 2 aromatic rings. The molecule has 3 rings (SSSR count). The van der Waals surface area contributed by atoms with Crippen LogP contribution in [0.3, 0.4) is 0 Å². The third kappa shape index (κ3) is 5.25. The van der Waals surface area contributed by atoms with Gasteiger partial charge >= 0.3 is 0 Å². The highest BCUT2D eigenvalue weighted by atomic mass is 32.2. The Bertz CT molecular complexity index is 865. The van der Waals surface area contributed by atoms with Gasteiger partial charge in [0.05, 0.1) is 12.4 Å². The molecule has 1 N–H and O–H groups in total. The van der Waals surface area contributed by atoms with Crippen molar-refractivity contribution in [1.29, 1.82) is 0 Å². The molecule has 1 saturated heterocycles. The van der Waals surface area contributed by atoms with Crippen molar-refractivity contribution in [1.82, 2.24) is 19.2 Å². The van der Waals surface area contributed by atoms with Crippen LogP contribution >= 0.6 is 0 Å². The summed E-state index contributed by atoms with van der Waals surface area (Å²) in [5.41, 5.74) is 1.16. The molecular weight excluding hydrogens is 388 g/mol. The lowest BCUT2D eigenvalue weighted by Crippen LogP contribution is -2.37. The number of nitrogens with one attached hydrogen (secondary N) is 1. The van der Waals surface area contributed by atoms with Gasteiger partial charge in [0.15, 0.2) is 5.03 Å². The van der Waals surface area contributed by atoms with E-state index in [1.54, 1.807) is 29.2 Å². The van der Waals surface area contributed by atoms with Crippen LogP contribution in [0.5, 0.6) is 0 Å². The van der Waals surface area contributed by atoms with Gasteiger partial charge < -0.3 is 14.6 Å². The van der Waals surface area contributed by atoms with Gasteiger partial charge in [-0.05, 0) is 31.4 Å². The molecule has 0 bridgehead atoms. The number of ether oxygens (including phenoxy) is 1. The van der Waals surface area contributed by atoms with Crippen molar-refractivity contribution < 1.29 is 13.2 Å². The highest BCUT2D eigenvalue weighted by Gasteiger charge is 2.40. The first kappa shape index (κ1) is 22.0. The van der Waals surface area contributed by atoms with E-state index in [9.17, 15) is 8.42 Å². The molecule has 1 unspecified atom stereocenters. The third-order valence-electron chi connectivity index (χ3n) is 5.70. The van der Waals surface area contributed by atoms with E-state index in [1.165, 1.54) is 6.33 Å². The number of aryl methyl sites for hydroxylation is 1. The Kier molecular flexibility index (Phi) is 7.45. The van der Waals surface area contributed by atoms with E-state index >= 15 is 0 Å². The summed E-state index contributed by atoms with van der Waals surface area (Å²) in [6.07, 6.45) is 6.36. The number of hydrogen-bond donors (Lipinski definition) is 1. The normalized spacial score (nSPS) is 21.5. The van der Waals surface area contributed by atoms with Crippen molar-refractivity contribution in [3.05, 3.63) is 48.4 Å². The summed E-state index contributed by atoms with van der Waals surface area (Å²) in [7, 11) is -0.0734. The molecule has 0 amide bonds. The molecule has 1 aliphatic rings. The Morgan fingerprint density at radius 3 is 2.66 bits per heavy atom. The zero-order valence-corrected chi connectivity index (χ0v) is 18.3. The molecule has 3 atom stereocenters. The van der Waals surface area contributed by atoms with E-state index < -0.39 is 10.0 Å². The maximum atomic E-state index is 13.1. The van der Waals surface area contributed by atoms with Gasteiger partial charge in [0, 0.05) is 45.4 Å². The van der Waals surface area contributed by atoms with Crippen LogP contribution in [-0.4, -0.2) is 61.2 Å². The Labute approximate surface area is 174 Å². The second-order valence-electron chi connectivity index (χ2n) is 7.69. The fourth-order valence-electron chi connectivity index (χ4n) is 3.97. The van der Waals surface area contributed by atoms with Crippen LogP contribution in [0.2, 0.25) is 0 Å². The topological polar surface area (TPSA) is 76.5 Å². The van der Waals surface area contributed by atoms with Gasteiger partial charge in [-0.2, -0.15) is 4.31 Å². The van der Waals surface area contributed by atoms with Crippen LogP contribution in [0.15, 0.2) is 47.9 Å². The minimum Gasteiger partial charge on any atom is -0.381 e. The summed E-state index contributed by atoms with van der Waals surface area (Å²) < 4.78 is 34.8. The second kappa shape index (κ2) is 9.84. The van der Waals surface area contributed by atoms with Gasteiger partial charge in [0.25, 0.3) is 10.0 Å². The summed E-state index contributed by atoms with van der Waals surface area (Å²) >= 11 is 0. The number of nitrogens with zero attached hydrogens (tertiary/aromatic N) is 3. The van der Waals surface area contributed by atoms with Gasteiger partial charge in [0.1, 0.15) is 0 Å². The Balaban J connectivity index is 1.71. The van der Waals surface area contributed by atoms with E-state index in [4.69, 9.17) is 4.74 Å². The monoisotopic (exact) mass is 420 g/mol. The molecule has 0 saturated carbocycles. The van der Waals surface area contributed by atoms with Crippen molar-refractivity contribution >= 4 is 10.0 Å². The van der Waals surface area contributed by atoms with Crippen molar-refractivity contribution in [2.24, 2.45) is 7.05 Å². The Morgan fingerprint density at radius 1 is 1.28 bits per heavy atom. The summed E-state index contributed by atoms with van der Waals surface area (Å²) in [6.45, 7) is 3.87. The number of benzene rings is 1. The van der Waals surface area contributed by atoms with E-state index in [0.29, 0.717) is 13.1 Å². The lowest BCUT2D eigenvalue weighted by molar-refractivity contribution is 0.0902. The standard InChI is InChI=1S/C21H32N4O3S/c1-4-18(28-3)11-8-12-22-20-14-25(13-19(20)17-9-6-5-7-10-17)29(26,27)21-15-24(2)16-23-21/h5-7,9-10,15-16,18-20,22H,4,8,11-14H2,1-3H3/t18?,19-,20+/m1/s1. The minimum absolute atomic E-state index is 0.0681. The van der Waals surface area contributed by atoms with Crippen LogP contribution in [0.1, 0.15) is 37.7 Å². The molecule has 29 heavy (non-hydrogen) atoms. The first-order valence-electron chi connectivity index (χ1n) is 10.2. The summed E-state index contributed by atoms with van der Waals surface area (Å²) in [5.74, 6) is 0.110. The maximum Gasteiger partial charge on any atom is 0.262 e. The molecule has 160 valence electrons. The molecular formula is C21H32N4O3S. The number of imidazole rings is 1. The lowest BCUT2D eigenvalue weighted by Gasteiger charge is -2.21. The Hall–Kier alpha value is -1.74. The molecule has 0 radical (unpaired) electrons. The van der Waals surface area contributed by atoms with E-state index in [0.717, 1.165) is 31.4 Å². The van der Waals surface area contributed by atoms with Crippen LogP contribution in [0.4, 0.5) is 0 Å². The first-order chi connectivity index (χ1) is 14.0. The third-order valence-corrected chi connectivity index (χ3v) is 7.41. The average molecular weight is 421 g/mol. The zero-order valence-electron chi connectivity index (χ0n) is 17.5. The summed E-state index contributed by atoms with van der Waals surface area (Å²) in [5, 5.41) is 3.71. The molecule has 8 heteroatoms. The highest BCUT2D eigenvalue weighted by Crippen LogP contribution is 2.31. The van der Waals surface area contributed by atoms with Crippen molar-refractivity contribution in [3.63, 3.8) is 0 Å². The van der Waals surface area contributed by atoms with Crippen molar-refractivity contribution in [3.8, 4) is 0 Å². The number of methoxy groups -OCH3 is 1. The SMILES string of the molecule is CCC(CCCN[C@H]1CN(S(=O)(=O)c2cn(C)cn2)C[C@@H]1c1ccccc1)OC. The first-order valence-corrected chi connectivity index (χ1v) is 11.7. The van der Waals surface area contributed by atoms with Gasteiger partial charge in [0.2, 0.25) is 0 Å². The average Bonchev–Trinajstić information content (AvgIpc) is 3.36. The molecule has 1 fully saturated rings. The summed E-state index contributed by atoms with van der Waals surface area (Å²) in [6, 6.07) is 10.2. The van der Waals surface area contributed by atoms with Crippen LogP contribution in [0, 0.1) is 0 Å². The second-order valence-corrected chi connectivity index (χ2v) is 9.57. The molecule has 7 nitrogen and oxygen atoms in total. The van der Waals surface area contributed by atoms with Gasteiger partial charge in [-0.15, -0.1) is 0 Å². The van der Waals surface area contributed by atoms with Crippen molar-refractivity contribution in [2.45, 2.75) is 49.3 Å². The number of rotatable bonds is 10. The predicted molar refractivity (Wildman–Crippen MR) is 113 cm³/mol. The molecule has 0 aliphatic carbocycles. The van der Waals surface area contributed by atoms with Crippen LogP contribution < -0.4 is 5.32 Å². The number of hydrogen-bond acceptors (Lipinski definition) is 5. The number of sulfonamides is 1. The zero-order chi connectivity index (χ0) is 20.9. The fourth-order valence-corrected chi connectivity index (χ4v) is 5.43. The minimum atomic E-state index is -3.60. The number of aromatic nitrogens is 2. The lowest BCUT2D eigenvalue weighted by atomic mass is 9.94. The smallest absolute Gasteiger partial charge is 0.262 e. The van der Waals surface area contributed by atoms with E-state index in [2.05, 4.69) is 29.4 Å². The van der Waals surface area contributed by atoms with Crippen LogP contribution in [-0.2, 0) is 21.8 Å². The van der Waals surface area contributed by atoms with Gasteiger partial charge in [-0.1, -0.05) is 37.3 Å². The fraction of sp³-hybridized carbons (Fsp3) is 0.571. The van der Waals surface area contributed by atoms with E-state index in [1.807, 2.05) is 18.2 Å². The quantitative estimate of drug-likeness (QED) is 0.597. The predicted octanol–water partition coefficient (Wildman–Crippen LogP) is 2.37.